The third-order valence-corrected chi connectivity index (χ3v) is 4.98. The summed E-state index contributed by atoms with van der Waals surface area (Å²) in [5.74, 6) is 0. The Labute approximate surface area is 125 Å². The van der Waals surface area contributed by atoms with Gasteiger partial charge in [-0.25, -0.2) is 0 Å². The highest BCUT2D eigenvalue weighted by Crippen LogP contribution is 2.27. The molecule has 1 atom stereocenters. The highest BCUT2D eigenvalue weighted by atomic mass is 32.1. The van der Waals surface area contributed by atoms with Crippen LogP contribution in [0, 0.1) is 0 Å². The molecule has 0 bridgehead atoms. The zero-order chi connectivity index (χ0) is 13.8. The molecule has 1 aromatic carbocycles. The number of benzene rings is 1. The number of piperidine rings is 1. The van der Waals surface area contributed by atoms with Gasteiger partial charge in [0.05, 0.1) is 0 Å². The van der Waals surface area contributed by atoms with E-state index in [1.807, 2.05) is 11.3 Å². The Hall–Kier alpha value is -1.16. The van der Waals surface area contributed by atoms with Gasteiger partial charge in [-0.15, -0.1) is 11.3 Å². The molecule has 2 aromatic rings. The summed E-state index contributed by atoms with van der Waals surface area (Å²) in [5, 5.41) is 5.69. The number of nitrogens with one attached hydrogen (secondary N) is 1. The summed E-state index contributed by atoms with van der Waals surface area (Å²) in [6, 6.07) is 13.7. The fourth-order valence-corrected chi connectivity index (χ4v) is 3.84. The molecule has 0 amide bonds. The molecule has 1 N–H and O–H groups in total. The van der Waals surface area contributed by atoms with E-state index in [1.165, 1.54) is 41.9 Å². The van der Waals surface area contributed by atoms with E-state index in [2.05, 4.69) is 59.0 Å². The quantitative estimate of drug-likeness (QED) is 0.924. The normalized spacial score (nSPS) is 20.1. The predicted octanol–water partition coefficient (Wildman–Crippen LogP) is 3.60. The van der Waals surface area contributed by atoms with Gasteiger partial charge in [-0.05, 0) is 49.0 Å². The molecule has 1 aromatic heterocycles. The SMILES string of the molecule is CNC1CCCN(Cc2cc(-c3ccccc3)cs2)C1. The van der Waals surface area contributed by atoms with Crippen LogP contribution in [0.15, 0.2) is 41.8 Å². The van der Waals surface area contributed by atoms with Crippen LogP contribution in [0.1, 0.15) is 17.7 Å². The van der Waals surface area contributed by atoms with Crippen LogP contribution in [0.4, 0.5) is 0 Å². The first-order chi connectivity index (χ1) is 9.85. The molecule has 20 heavy (non-hydrogen) atoms. The van der Waals surface area contributed by atoms with Crippen molar-refractivity contribution in [2.75, 3.05) is 20.1 Å². The van der Waals surface area contributed by atoms with Crippen LogP contribution in [0.3, 0.4) is 0 Å². The van der Waals surface area contributed by atoms with Crippen LogP contribution in [-0.4, -0.2) is 31.1 Å². The van der Waals surface area contributed by atoms with E-state index in [9.17, 15) is 0 Å². The summed E-state index contributed by atoms with van der Waals surface area (Å²) in [4.78, 5) is 4.05. The second-order valence-corrected chi connectivity index (χ2v) is 6.53. The largest absolute Gasteiger partial charge is 0.316 e. The molecule has 3 heteroatoms. The minimum absolute atomic E-state index is 0.664. The van der Waals surface area contributed by atoms with Crippen molar-refractivity contribution in [2.24, 2.45) is 0 Å². The minimum Gasteiger partial charge on any atom is -0.316 e. The molecule has 1 saturated heterocycles. The Kier molecular flexibility index (Phi) is 4.51. The molecular weight excluding hydrogens is 264 g/mol. The van der Waals surface area contributed by atoms with Crippen molar-refractivity contribution >= 4 is 11.3 Å². The smallest absolute Gasteiger partial charge is 0.0328 e. The molecule has 1 aliphatic heterocycles. The van der Waals surface area contributed by atoms with Gasteiger partial charge in [0.25, 0.3) is 0 Å². The maximum Gasteiger partial charge on any atom is 0.0328 e. The van der Waals surface area contributed by atoms with E-state index in [0.717, 1.165) is 6.54 Å². The lowest BCUT2D eigenvalue weighted by atomic mass is 10.1. The molecule has 0 saturated carbocycles. The Bertz CT molecular complexity index is 535. The lowest BCUT2D eigenvalue weighted by molar-refractivity contribution is 0.189. The Morgan fingerprint density at radius 2 is 2.10 bits per heavy atom. The first-order valence-corrected chi connectivity index (χ1v) is 8.25. The molecule has 106 valence electrons. The van der Waals surface area contributed by atoms with Crippen molar-refractivity contribution in [3.63, 3.8) is 0 Å². The van der Waals surface area contributed by atoms with Crippen LogP contribution in [0.25, 0.3) is 11.1 Å². The summed E-state index contributed by atoms with van der Waals surface area (Å²) in [5.41, 5.74) is 2.68. The first kappa shape index (κ1) is 13.8. The summed E-state index contributed by atoms with van der Waals surface area (Å²) < 4.78 is 0. The van der Waals surface area contributed by atoms with Gasteiger partial charge in [-0.1, -0.05) is 30.3 Å². The van der Waals surface area contributed by atoms with E-state index in [-0.39, 0.29) is 0 Å². The molecule has 3 rings (SSSR count). The third kappa shape index (κ3) is 3.29. The molecule has 1 fully saturated rings. The van der Waals surface area contributed by atoms with Gasteiger partial charge in [0, 0.05) is 24.0 Å². The Balaban J connectivity index is 1.65. The predicted molar refractivity (Wildman–Crippen MR) is 87.1 cm³/mol. The zero-order valence-electron chi connectivity index (χ0n) is 12.0. The van der Waals surface area contributed by atoms with Gasteiger partial charge < -0.3 is 5.32 Å². The molecule has 2 heterocycles. The Morgan fingerprint density at radius 3 is 2.90 bits per heavy atom. The molecule has 0 radical (unpaired) electrons. The second-order valence-electron chi connectivity index (χ2n) is 5.53. The Morgan fingerprint density at radius 1 is 1.25 bits per heavy atom. The summed E-state index contributed by atoms with van der Waals surface area (Å²) in [7, 11) is 2.08. The van der Waals surface area contributed by atoms with Crippen LogP contribution in [0.5, 0.6) is 0 Å². The summed E-state index contributed by atoms with van der Waals surface area (Å²) >= 11 is 1.88. The van der Waals surface area contributed by atoms with Crippen molar-refractivity contribution in [1.82, 2.24) is 10.2 Å². The average Bonchev–Trinajstić information content (AvgIpc) is 2.97. The zero-order valence-corrected chi connectivity index (χ0v) is 12.8. The van der Waals surface area contributed by atoms with Gasteiger partial charge in [-0.2, -0.15) is 0 Å². The maximum absolute atomic E-state index is 3.41. The summed E-state index contributed by atoms with van der Waals surface area (Å²) in [6.07, 6.45) is 2.62. The van der Waals surface area contributed by atoms with E-state index in [1.54, 1.807) is 0 Å². The molecule has 2 nitrogen and oxygen atoms in total. The lowest BCUT2D eigenvalue weighted by Gasteiger charge is -2.32. The van der Waals surface area contributed by atoms with Crippen LogP contribution in [0.2, 0.25) is 0 Å². The number of thiophene rings is 1. The maximum atomic E-state index is 3.41. The van der Waals surface area contributed by atoms with Gasteiger partial charge in [-0.3, -0.25) is 4.90 Å². The molecular formula is C17H22N2S. The van der Waals surface area contributed by atoms with Gasteiger partial charge in [0.2, 0.25) is 0 Å². The van der Waals surface area contributed by atoms with Gasteiger partial charge in [0.1, 0.15) is 0 Å². The monoisotopic (exact) mass is 286 g/mol. The topological polar surface area (TPSA) is 15.3 Å². The van der Waals surface area contributed by atoms with Crippen LogP contribution < -0.4 is 5.32 Å². The second kappa shape index (κ2) is 6.53. The number of rotatable bonds is 4. The third-order valence-electron chi connectivity index (χ3n) is 4.05. The van der Waals surface area contributed by atoms with E-state index >= 15 is 0 Å². The molecule has 1 unspecified atom stereocenters. The number of likely N-dealkylation sites (N-methyl/N-ethyl adjacent to an activating group) is 1. The standard InChI is InChI=1S/C17H22N2S/c1-18-16-8-5-9-19(11-16)12-17-10-15(13-20-17)14-6-3-2-4-7-14/h2-4,6-7,10,13,16,18H,5,8-9,11-12H2,1H3. The number of hydrogen-bond donors (Lipinski definition) is 1. The van der Waals surface area contributed by atoms with Crippen molar-refractivity contribution in [2.45, 2.75) is 25.4 Å². The molecule has 0 spiro atoms. The fourth-order valence-electron chi connectivity index (χ4n) is 2.90. The summed E-state index contributed by atoms with van der Waals surface area (Å²) in [6.45, 7) is 3.50. The van der Waals surface area contributed by atoms with Crippen LogP contribution >= 0.6 is 11.3 Å². The number of nitrogens with zero attached hydrogens (tertiary/aromatic N) is 1. The lowest BCUT2D eigenvalue weighted by Crippen LogP contribution is -2.43. The highest BCUT2D eigenvalue weighted by molar-refractivity contribution is 7.10. The van der Waals surface area contributed by atoms with E-state index in [0.29, 0.717) is 6.04 Å². The van der Waals surface area contributed by atoms with E-state index in [4.69, 9.17) is 0 Å². The highest BCUT2D eigenvalue weighted by Gasteiger charge is 2.18. The molecule has 1 aliphatic rings. The first-order valence-electron chi connectivity index (χ1n) is 7.37. The molecule has 0 aliphatic carbocycles. The van der Waals surface area contributed by atoms with Crippen molar-refractivity contribution in [3.8, 4) is 11.1 Å². The number of likely N-dealkylation sites (tertiary alicyclic amines) is 1. The fraction of sp³-hybridized carbons (Fsp3) is 0.412. The van der Waals surface area contributed by atoms with E-state index < -0.39 is 0 Å². The average molecular weight is 286 g/mol. The number of hydrogen-bond acceptors (Lipinski definition) is 3. The van der Waals surface area contributed by atoms with Crippen molar-refractivity contribution < 1.29 is 0 Å². The van der Waals surface area contributed by atoms with Crippen molar-refractivity contribution in [3.05, 3.63) is 46.7 Å². The van der Waals surface area contributed by atoms with Crippen molar-refractivity contribution in [1.29, 1.82) is 0 Å². The van der Waals surface area contributed by atoms with Crippen LogP contribution in [-0.2, 0) is 6.54 Å². The minimum atomic E-state index is 0.664. The van der Waals surface area contributed by atoms with Gasteiger partial charge >= 0.3 is 0 Å². The van der Waals surface area contributed by atoms with Gasteiger partial charge in [0.15, 0.2) is 0 Å².